The normalized spacial score (nSPS) is 18.0. The third-order valence-corrected chi connectivity index (χ3v) is 4.79. The highest BCUT2D eigenvalue weighted by Crippen LogP contribution is 2.30. The minimum atomic E-state index is 0.457. The number of nitrogens with one attached hydrogen (secondary N) is 1. The highest BCUT2D eigenvalue weighted by molar-refractivity contribution is 5.64. The molecule has 4 nitrogen and oxygen atoms in total. The van der Waals surface area contributed by atoms with E-state index in [1.54, 1.807) is 0 Å². The summed E-state index contributed by atoms with van der Waals surface area (Å²) in [7, 11) is 0. The van der Waals surface area contributed by atoms with E-state index < -0.39 is 0 Å². The fraction of sp³-hybridized carbons (Fsp3) is 0.500. The van der Waals surface area contributed by atoms with E-state index in [9.17, 15) is 0 Å². The number of anilines is 3. The van der Waals surface area contributed by atoms with Crippen molar-refractivity contribution in [3.05, 3.63) is 41.6 Å². The van der Waals surface area contributed by atoms with Gasteiger partial charge in [-0.15, -0.1) is 0 Å². The molecule has 2 aromatic rings. The minimum Gasteiger partial charge on any atom is -0.356 e. The first-order valence-electron chi connectivity index (χ1n) is 8.99. The van der Waals surface area contributed by atoms with Crippen molar-refractivity contribution < 1.29 is 0 Å². The quantitative estimate of drug-likeness (QED) is 0.869. The lowest BCUT2D eigenvalue weighted by Gasteiger charge is -2.31. The number of rotatable bonds is 4. The van der Waals surface area contributed by atoms with Crippen LogP contribution in [0.25, 0.3) is 0 Å². The number of aryl methyl sites for hydroxylation is 1. The summed E-state index contributed by atoms with van der Waals surface area (Å²) < 4.78 is 0. The molecule has 1 aromatic heterocycles. The van der Waals surface area contributed by atoms with Gasteiger partial charge in [-0.2, -0.15) is 4.98 Å². The van der Waals surface area contributed by atoms with Gasteiger partial charge < -0.3 is 10.2 Å². The molecule has 1 saturated heterocycles. The predicted molar refractivity (Wildman–Crippen MR) is 101 cm³/mol. The maximum absolute atomic E-state index is 4.77. The maximum Gasteiger partial charge on any atom is 0.229 e. The number of aromatic nitrogens is 2. The largest absolute Gasteiger partial charge is 0.356 e. The van der Waals surface area contributed by atoms with E-state index in [2.05, 4.69) is 61.1 Å². The Morgan fingerprint density at radius 2 is 2.08 bits per heavy atom. The van der Waals surface area contributed by atoms with Crippen molar-refractivity contribution in [1.82, 2.24) is 9.97 Å². The summed E-state index contributed by atoms with van der Waals surface area (Å²) >= 11 is 0. The number of hydrogen-bond donors (Lipinski definition) is 1. The van der Waals surface area contributed by atoms with Crippen LogP contribution < -0.4 is 10.2 Å². The SMILES string of the molecule is Cc1cccc(C(C)C)c1Nc1nccc(N2CCCC(C)C2)n1. The van der Waals surface area contributed by atoms with Gasteiger partial charge in [-0.3, -0.25) is 0 Å². The average molecular weight is 324 g/mol. The van der Waals surface area contributed by atoms with Crippen LogP contribution in [-0.4, -0.2) is 23.1 Å². The first-order valence-corrected chi connectivity index (χ1v) is 8.99. The lowest BCUT2D eigenvalue weighted by atomic mass is 9.98. The van der Waals surface area contributed by atoms with E-state index in [-0.39, 0.29) is 0 Å². The molecule has 0 saturated carbocycles. The Morgan fingerprint density at radius 1 is 1.25 bits per heavy atom. The van der Waals surface area contributed by atoms with Gasteiger partial charge in [-0.25, -0.2) is 4.98 Å². The molecule has 0 bridgehead atoms. The zero-order chi connectivity index (χ0) is 17.1. The highest BCUT2D eigenvalue weighted by atomic mass is 15.2. The Bertz CT molecular complexity index is 696. The molecule has 1 aromatic carbocycles. The van der Waals surface area contributed by atoms with E-state index in [0.29, 0.717) is 11.9 Å². The van der Waals surface area contributed by atoms with Crippen LogP contribution in [0, 0.1) is 12.8 Å². The first kappa shape index (κ1) is 16.7. The first-order chi connectivity index (χ1) is 11.5. The van der Waals surface area contributed by atoms with Crippen LogP contribution in [0.15, 0.2) is 30.5 Å². The van der Waals surface area contributed by atoms with E-state index >= 15 is 0 Å². The maximum atomic E-state index is 4.77. The zero-order valence-electron chi connectivity index (χ0n) is 15.2. The second kappa shape index (κ2) is 7.20. The topological polar surface area (TPSA) is 41.1 Å². The third-order valence-electron chi connectivity index (χ3n) is 4.79. The Balaban J connectivity index is 1.85. The summed E-state index contributed by atoms with van der Waals surface area (Å²) in [5.74, 6) is 2.90. The second-order valence-corrected chi connectivity index (χ2v) is 7.25. The van der Waals surface area contributed by atoms with Crippen LogP contribution in [0.4, 0.5) is 17.5 Å². The van der Waals surface area contributed by atoms with Crippen LogP contribution in [0.5, 0.6) is 0 Å². The highest BCUT2D eigenvalue weighted by Gasteiger charge is 2.18. The standard InChI is InChI=1S/C20H28N4/c1-14(2)17-9-5-8-16(4)19(17)23-20-21-11-10-18(22-20)24-12-6-7-15(3)13-24/h5,8-11,14-15H,6-7,12-13H2,1-4H3,(H,21,22,23). The molecule has 1 aliphatic heterocycles. The fourth-order valence-corrected chi connectivity index (χ4v) is 3.44. The third kappa shape index (κ3) is 3.69. The minimum absolute atomic E-state index is 0.457. The summed E-state index contributed by atoms with van der Waals surface area (Å²) in [5, 5.41) is 3.46. The zero-order valence-corrected chi connectivity index (χ0v) is 15.2. The Labute approximate surface area is 145 Å². The van der Waals surface area contributed by atoms with E-state index in [1.807, 2.05) is 12.3 Å². The van der Waals surface area contributed by atoms with Gasteiger partial charge in [0.05, 0.1) is 0 Å². The molecular weight excluding hydrogens is 296 g/mol. The van der Waals surface area contributed by atoms with Crippen molar-refractivity contribution >= 4 is 17.5 Å². The smallest absolute Gasteiger partial charge is 0.229 e. The van der Waals surface area contributed by atoms with Crippen molar-refractivity contribution in [2.24, 2.45) is 5.92 Å². The molecule has 24 heavy (non-hydrogen) atoms. The molecule has 0 aliphatic carbocycles. The molecule has 1 aliphatic rings. The van der Waals surface area contributed by atoms with E-state index in [0.717, 1.165) is 30.5 Å². The number of piperidine rings is 1. The van der Waals surface area contributed by atoms with Crippen molar-refractivity contribution in [3.63, 3.8) is 0 Å². The summed E-state index contributed by atoms with van der Waals surface area (Å²) in [5.41, 5.74) is 3.66. The molecular formula is C20H28N4. The summed E-state index contributed by atoms with van der Waals surface area (Å²) in [6, 6.07) is 8.44. The van der Waals surface area contributed by atoms with Crippen molar-refractivity contribution in [1.29, 1.82) is 0 Å². The van der Waals surface area contributed by atoms with Gasteiger partial charge >= 0.3 is 0 Å². The van der Waals surface area contributed by atoms with Gasteiger partial charge in [0.2, 0.25) is 5.95 Å². The van der Waals surface area contributed by atoms with Gasteiger partial charge in [0.25, 0.3) is 0 Å². The van der Waals surface area contributed by atoms with Gasteiger partial charge in [-0.1, -0.05) is 39.0 Å². The van der Waals surface area contributed by atoms with Crippen molar-refractivity contribution in [2.45, 2.75) is 46.5 Å². The molecule has 1 fully saturated rings. The van der Waals surface area contributed by atoms with Crippen molar-refractivity contribution in [3.8, 4) is 0 Å². The summed E-state index contributed by atoms with van der Waals surface area (Å²) in [4.78, 5) is 11.6. The predicted octanol–water partition coefficient (Wildman–Crippen LogP) is 4.89. The number of hydrogen-bond acceptors (Lipinski definition) is 4. The van der Waals surface area contributed by atoms with Gasteiger partial charge in [-0.05, 0) is 48.8 Å². The number of benzene rings is 1. The van der Waals surface area contributed by atoms with Crippen molar-refractivity contribution in [2.75, 3.05) is 23.3 Å². The van der Waals surface area contributed by atoms with E-state index in [4.69, 9.17) is 4.98 Å². The van der Waals surface area contributed by atoms with Crippen LogP contribution >= 0.6 is 0 Å². The average Bonchev–Trinajstić information content (AvgIpc) is 2.57. The lowest BCUT2D eigenvalue weighted by molar-refractivity contribution is 0.444. The molecule has 0 radical (unpaired) electrons. The molecule has 1 atom stereocenters. The monoisotopic (exact) mass is 324 g/mol. The Kier molecular flexibility index (Phi) is 5.03. The van der Waals surface area contributed by atoms with Gasteiger partial charge in [0.1, 0.15) is 5.82 Å². The number of nitrogens with zero attached hydrogens (tertiary/aromatic N) is 3. The van der Waals surface area contributed by atoms with E-state index in [1.165, 1.54) is 24.0 Å². The molecule has 1 N–H and O–H groups in total. The molecule has 128 valence electrons. The molecule has 4 heteroatoms. The Morgan fingerprint density at radius 3 is 2.83 bits per heavy atom. The second-order valence-electron chi connectivity index (χ2n) is 7.25. The lowest BCUT2D eigenvalue weighted by Crippen LogP contribution is -2.34. The Hall–Kier alpha value is -2.10. The number of para-hydroxylation sites is 1. The van der Waals surface area contributed by atoms with Crippen LogP contribution in [0.3, 0.4) is 0 Å². The van der Waals surface area contributed by atoms with Crippen LogP contribution in [-0.2, 0) is 0 Å². The fourth-order valence-electron chi connectivity index (χ4n) is 3.44. The van der Waals surface area contributed by atoms with Gasteiger partial charge in [0.15, 0.2) is 0 Å². The molecule has 0 amide bonds. The molecule has 2 heterocycles. The molecule has 1 unspecified atom stereocenters. The molecule has 3 rings (SSSR count). The molecule has 0 spiro atoms. The van der Waals surface area contributed by atoms with Gasteiger partial charge in [0, 0.05) is 25.0 Å². The van der Waals surface area contributed by atoms with Crippen LogP contribution in [0.1, 0.15) is 50.7 Å². The summed E-state index contributed by atoms with van der Waals surface area (Å²) in [6.07, 6.45) is 4.41. The summed E-state index contributed by atoms with van der Waals surface area (Å²) in [6.45, 7) is 11.0. The van der Waals surface area contributed by atoms with Crippen LogP contribution in [0.2, 0.25) is 0 Å².